The first kappa shape index (κ1) is 15.0. The van der Waals surface area contributed by atoms with E-state index in [1.54, 1.807) is 0 Å². The molecule has 17 heavy (non-hydrogen) atoms. The van der Waals surface area contributed by atoms with Crippen molar-refractivity contribution in [3.05, 3.63) is 0 Å². The van der Waals surface area contributed by atoms with Crippen molar-refractivity contribution in [1.29, 1.82) is 0 Å². The average molecular weight is 242 g/mol. The van der Waals surface area contributed by atoms with Crippen molar-refractivity contribution in [2.45, 2.75) is 67.3 Å². The summed E-state index contributed by atoms with van der Waals surface area (Å²) in [5.41, 5.74) is 0.0987. The SMILES string of the molecule is CC(C)C1OC(C(C)C)(C(C)C)OCC1(C)C. The standard InChI is InChI=1S/C15H30O2/c1-10(2)13-14(7,8)9-16-15(17-13,11(3)4)12(5)6/h10-13H,9H2,1-8H3. The monoisotopic (exact) mass is 242 g/mol. The lowest BCUT2D eigenvalue weighted by atomic mass is 9.78. The Morgan fingerprint density at radius 2 is 1.41 bits per heavy atom. The molecule has 0 spiro atoms. The van der Waals surface area contributed by atoms with Crippen LogP contribution in [0.3, 0.4) is 0 Å². The average Bonchev–Trinajstić information content (AvgIpc) is 2.15. The summed E-state index contributed by atoms with van der Waals surface area (Å²) in [6, 6.07) is 0. The molecule has 1 unspecified atom stereocenters. The Morgan fingerprint density at radius 1 is 0.941 bits per heavy atom. The van der Waals surface area contributed by atoms with Crippen LogP contribution in [0, 0.1) is 23.2 Å². The van der Waals surface area contributed by atoms with E-state index in [-0.39, 0.29) is 11.5 Å². The van der Waals surface area contributed by atoms with E-state index in [0.717, 1.165) is 6.61 Å². The summed E-state index contributed by atoms with van der Waals surface area (Å²) in [5.74, 6) is 0.857. The van der Waals surface area contributed by atoms with Crippen molar-refractivity contribution in [2.24, 2.45) is 23.2 Å². The first-order valence-corrected chi connectivity index (χ1v) is 6.95. The van der Waals surface area contributed by atoms with Crippen LogP contribution in [-0.4, -0.2) is 18.5 Å². The summed E-state index contributed by atoms with van der Waals surface area (Å²) in [6.07, 6.45) is 0.265. The van der Waals surface area contributed by atoms with Crippen molar-refractivity contribution in [1.82, 2.24) is 0 Å². The van der Waals surface area contributed by atoms with Crippen LogP contribution in [0.15, 0.2) is 0 Å². The highest BCUT2D eigenvalue weighted by Gasteiger charge is 2.50. The minimum Gasteiger partial charge on any atom is -0.349 e. The van der Waals surface area contributed by atoms with Gasteiger partial charge in [-0.2, -0.15) is 0 Å². The highest BCUT2D eigenvalue weighted by atomic mass is 16.7. The predicted octanol–water partition coefficient (Wildman–Crippen LogP) is 4.09. The molecule has 2 heteroatoms. The van der Waals surface area contributed by atoms with Crippen LogP contribution in [0.1, 0.15) is 55.4 Å². The molecule has 0 bridgehead atoms. The highest BCUT2D eigenvalue weighted by molar-refractivity contribution is 4.91. The van der Waals surface area contributed by atoms with Gasteiger partial charge in [0.2, 0.25) is 0 Å². The first-order chi connectivity index (χ1) is 7.63. The van der Waals surface area contributed by atoms with Gasteiger partial charge in [-0.25, -0.2) is 0 Å². The zero-order chi connectivity index (χ0) is 13.4. The van der Waals surface area contributed by atoms with Crippen molar-refractivity contribution in [2.75, 3.05) is 6.61 Å². The van der Waals surface area contributed by atoms with Gasteiger partial charge in [-0.05, 0) is 5.92 Å². The lowest BCUT2D eigenvalue weighted by molar-refractivity contribution is -0.369. The van der Waals surface area contributed by atoms with Crippen LogP contribution >= 0.6 is 0 Å². The van der Waals surface area contributed by atoms with E-state index < -0.39 is 5.79 Å². The van der Waals surface area contributed by atoms with E-state index in [9.17, 15) is 0 Å². The lowest BCUT2D eigenvalue weighted by Gasteiger charge is -2.53. The molecular formula is C15H30O2. The lowest BCUT2D eigenvalue weighted by Crippen LogP contribution is -2.59. The second kappa shape index (κ2) is 4.89. The molecule has 0 saturated carbocycles. The molecule has 1 aliphatic rings. The van der Waals surface area contributed by atoms with E-state index in [1.807, 2.05) is 0 Å². The third kappa shape index (κ3) is 2.68. The first-order valence-electron chi connectivity index (χ1n) is 6.95. The Kier molecular flexibility index (Phi) is 4.31. The Hall–Kier alpha value is -0.0800. The predicted molar refractivity (Wildman–Crippen MR) is 71.9 cm³/mol. The van der Waals surface area contributed by atoms with Crippen molar-refractivity contribution < 1.29 is 9.47 Å². The molecule has 1 saturated heterocycles. The molecule has 2 nitrogen and oxygen atoms in total. The van der Waals surface area contributed by atoms with Crippen LogP contribution in [0.4, 0.5) is 0 Å². The van der Waals surface area contributed by atoms with Gasteiger partial charge in [0.05, 0.1) is 12.7 Å². The molecule has 0 radical (unpaired) electrons. The van der Waals surface area contributed by atoms with Gasteiger partial charge in [0, 0.05) is 17.3 Å². The number of hydrogen-bond acceptors (Lipinski definition) is 2. The molecule has 102 valence electrons. The normalized spacial score (nSPS) is 28.1. The summed E-state index contributed by atoms with van der Waals surface area (Å²) in [5, 5.41) is 0. The van der Waals surface area contributed by atoms with Gasteiger partial charge in [-0.1, -0.05) is 55.4 Å². The van der Waals surface area contributed by atoms with Gasteiger partial charge in [-0.15, -0.1) is 0 Å². The molecule has 1 heterocycles. The molecular weight excluding hydrogens is 212 g/mol. The summed E-state index contributed by atoms with van der Waals surface area (Å²) in [4.78, 5) is 0. The minimum absolute atomic E-state index is 0.0987. The van der Waals surface area contributed by atoms with Crippen LogP contribution in [-0.2, 0) is 9.47 Å². The van der Waals surface area contributed by atoms with E-state index in [2.05, 4.69) is 55.4 Å². The van der Waals surface area contributed by atoms with Gasteiger partial charge in [0.1, 0.15) is 0 Å². The van der Waals surface area contributed by atoms with Gasteiger partial charge in [0.25, 0.3) is 0 Å². The molecule has 0 aromatic carbocycles. The van der Waals surface area contributed by atoms with E-state index in [4.69, 9.17) is 9.47 Å². The van der Waals surface area contributed by atoms with Gasteiger partial charge < -0.3 is 9.47 Å². The fraction of sp³-hybridized carbons (Fsp3) is 1.00. The Balaban J connectivity index is 3.00. The van der Waals surface area contributed by atoms with Crippen LogP contribution in [0.25, 0.3) is 0 Å². The molecule has 1 aliphatic heterocycles. The zero-order valence-corrected chi connectivity index (χ0v) is 12.8. The van der Waals surface area contributed by atoms with Gasteiger partial charge in [-0.3, -0.25) is 0 Å². The molecule has 0 aromatic heterocycles. The van der Waals surface area contributed by atoms with E-state index >= 15 is 0 Å². The van der Waals surface area contributed by atoms with Crippen LogP contribution < -0.4 is 0 Å². The third-order valence-corrected chi connectivity index (χ3v) is 3.97. The maximum absolute atomic E-state index is 6.45. The van der Waals surface area contributed by atoms with Gasteiger partial charge >= 0.3 is 0 Å². The van der Waals surface area contributed by atoms with Crippen molar-refractivity contribution in [3.63, 3.8) is 0 Å². The molecule has 0 aliphatic carbocycles. The molecule has 1 fully saturated rings. The number of rotatable bonds is 3. The summed E-state index contributed by atoms with van der Waals surface area (Å²) in [6.45, 7) is 18.5. The van der Waals surface area contributed by atoms with Crippen molar-refractivity contribution >= 4 is 0 Å². The quantitative estimate of drug-likeness (QED) is 0.742. The Labute approximate surface area is 107 Å². The summed E-state index contributed by atoms with van der Waals surface area (Å²) < 4.78 is 12.6. The van der Waals surface area contributed by atoms with Gasteiger partial charge in [0.15, 0.2) is 5.79 Å². The minimum atomic E-state index is -0.412. The van der Waals surface area contributed by atoms with Crippen molar-refractivity contribution in [3.8, 4) is 0 Å². The topological polar surface area (TPSA) is 18.5 Å². The molecule has 0 aromatic rings. The summed E-state index contributed by atoms with van der Waals surface area (Å²) >= 11 is 0. The third-order valence-electron chi connectivity index (χ3n) is 3.97. The fourth-order valence-electron chi connectivity index (χ4n) is 3.08. The van der Waals surface area contributed by atoms with E-state index in [0.29, 0.717) is 17.8 Å². The van der Waals surface area contributed by atoms with Crippen LogP contribution in [0.5, 0.6) is 0 Å². The van der Waals surface area contributed by atoms with Crippen LogP contribution in [0.2, 0.25) is 0 Å². The Bertz CT molecular complexity index is 246. The molecule has 0 amide bonds. The second-order valence-electron chi connectivity index (χ2n) is 7.09. The number of hydrogen-bond donors (Lipinski definition) is 0. The smallest absolute Gasteiger partial charge is 0.173 e. The fourth-order valence-corrected chi connectivity index (χ4v) is 3.08. The molecule has 1 atom stereocenters. The maximum Gasteiger partial charge on any atom is 0.173 e. The summed E-state index contributed by atoms with van der Waals surface area (Å²) in [7, 11) is 0. The number of ether oxygens (including phenoxy) is 2. The highest BCUT2D eigenvalue weighted by Crippen LogP contribution is 2.44. The maximum atomic E-state index is 6.45. The Morgan fingerprint density at radius 3 is 1.76 bits per heavy atom. The zero-order valence-electron chi connectivity index (χ0n) is 12.8. The van der Waals surface area contributed by atoms with E-state index in [1.165, 1.54) is 0 Å². The molecule has 1 rings (SSSR count). The second-order valence-corrected chi connectivity index (χ2v) is 7.09. The molecule has 0 N–H and O–H groups in total. The largest absolute Gasteiger partial charge is 0.349 e.